The molecular weight excluding hydrogens is 616 g/mol. The highest BCUT2D eigenvalue weighted by Crippen LogP contribution is 2.33. The van der Waals surface area contributed by atoms with Crippen molar-refractivity contribution in [2.75, 3.05) is 18.5 Å². The summed E-state index contributed by atoms with van der Waals surface area (Å²) in [6, 6.07) is 11.9. The molecule has 47 heavy (non-hydrogen) atoms. The van der Waals surface area contributed by atoms with E-state index in [0.717, 1.165) is 44.7 Å². The van der Waals surface area contributed by atoms with E-state index in [1.54, 1.807) is 53.9 Å². The van der Waals surface area contributed by atoms with Crippen molar-refractivity contribution in [3.63, 3.8) is 0 Å². The zero-order valence-electron chi connectivity index (χ0n) is 25.1. The first-order chi connectivity index (χ1) is 22.7. The van der Waals surface area contributed by atoms with E-state index in [0.29, 0.717) is 17.9 Å². The van der Waals surface area contributed by atoms with Gasteiger partial charge in [0.15, 0.2) is 17.3 Å². The summed E-state index contributed by atoms with van der Waals surface area (Å²) >= 11 is 0. The van der Waals surface area contributed by atoms with Crippen molar-refractivity contribution in [2.24, 2.45) is 7.05 Å². The van der Waals surface area contributed by atoms with Gasteiger partial charge in [0.1, 0.15) is 11.3 Å². The number of carbonyl (C=O) groups is 1. The zero-order chi connectivity index (χ0) is 33.1. The first kappa shape index (κ1) is 30.9. The van der Waals surface area contributed by atoms with E-state index in [2.05, 4.69) is 15.5 Å². The van der Waals surface area contributed by atoms with Crippen LogP contribution in [0.1, 0.15) is 6.92 Å². The maximum Gasteiger partial charge on any atom is 0.417 e. The van der Waals surface area contributed by atoms with Crippen molar-refractivity contribution in [1.29, 1.82) is 0 Å². The molecule has 0 aliphatic heterocycles. The van der Waals surface area contributed by atoms with Crippen LogP contribution in [0.15, 0.2) is 95.2 Å². The van der Waals surface area contributed by atoms with Crippen molar-refractivity contribution in [2.45, 2.75) is 13.5 Å². The lowest BCUT2D eigenvalue weighted by molar-refractivity contribution is 0.137. The van der Waals surface area contributed by atoms with Crippen LogP contribution in [0.5, 0.6) is 17.2 Å². The molecule has 0 saturated carbocycles. The van der Waals surface area contributed by atoms with Gasteiger partial charge in [-0.3, -0.25) is 19.4 Å². The summed E-state index contributed by atoms with van der Waals surface area (Å²) in [4.78, 5) is 39.2. The maximum atomic E-state index is 15.3. The molecule has 0 aliphatic carbocycles. The molecule has 6 rings (SSSR count). The molecule has 0 unspecified atom stereocenters. The van der Waals surface area contributed by atoms with Crippen molar-refractivity contribution in [3.05, 3.63) is 118 Å². The Balaban J connectivity index is 1.23. The maximum absolute atomic E-state index is 15.3. The average Bonchev–Trinajstić information content (AvgIpc) is 3.71. The van der Waals surface area contributed by atoms with E-state index >= 15 is 4.39 Å². The molecule has 6 aromatic rings. The molecule has 0 bridgehead atoms. The topological polar surface area (TPSA) is 136 Å². The predicted octanol–water partition coefficient (Wildman–Crippen LogP) is 4.77. The van der Waals surface area contributed by atoms with E-state index in [9.17, 15) is 18.8 Å². The van der Waals surface area contributed by atoms with Gasteiger partial charge in [0, 0.05) is 48.9 Å². The van der Waals surface area contributed by atoms with Gasteiger partial charge in [-0.15, -0.1) is 0 Å². The first-order valence-corrected chi connectivity index (χ1v) is 14.3. The van der Waals surface area contributed by atoms with Crippen molar-refractivity contribution in [3.8, 4) is 34.1 Å². The number of aryl methyl sites for hydroxylation is 1. The first-order valence-electron chi connectivity index (χ1n) is 14.3. The Labute approximate surface area is 264 Å². The molecule has 0 radical (unpaired) electrons. The highest BCUT2D eigenvalue weighted by atomic mass is 19.1. The molecule has 4 heterocycles. The molecule has 15 heteroatoms. The van der Waals surface area contributed by atoms with Crippen LogP contribution in [-0.4, -0.2) is 47.8 Å². The van der Waals surface area contributed by atoms with E-state index in [1.165, 1.54) is 24.3 Å². The number of nitrogens with one attached hydrogen (secondary N) is 1. The van der Waals surface area contributed by atoms with Gasteiger partial charge < -0.3 is 14.2 Å². The normalized spacial score (nSPS) is 11.1. The fourth-order valence-corrected chi connectivity index (χ4v) is 4.76. The summed E-state index contributed by atoms with van der Waals surface area (Å²) in [6.07, 6.45) is 6.85. The van der Waals surface area contributed by atoms with Crippen LogP contribution in [0.3, 0.4) is 0 Å². The van der Waals surface area contributed by atoms with Gasteiger partial charge in [-0.25, -0.2) is 27.5 Å². The molecule has 0 aliphatic rings. The number of hydrogen-bond acceptors (Lipinski definition) is 8. The second-order valence-corrected chi connectivity index (χ2v) is 10.2. The van der Waals surface area contributed by atoms with E-state index in [1.807, 2.05) is 6.20 Å². The number of anilines is 1. The minimum atomic E-state index is -1.12. The van der Waals surface area contributed by atoms with Gasteiger partial charge in [-0.2, -0.15) is 10.2 Å². The summed E-state index contributed by atoms with van der Waals surface area (Å²) in [7, 11) is 1.79. The van der Waals surface area contributed by atoms with Crippen LogP contribution >= 0.6 is 0 Å². The number of aromatic nitrogens is 6. The number of nitrogens with zero attached hydrogens (tertiary/aromatic N) is 6. The van der Waals surface area contributed by atoms with Crippen molar-refractivity contribution < 1.29 is 27.8 Å². The van der Waals surface area contributed by atoms with Crippen LogP contribution in [0.25, 0.3) is 22.3 Å². The van der Waals surface area contributed by atoms with Crippen LogP contribution in [-0.2, 0) is 18.3 Å². The number of rotatable bonds is 10. The smallest absolute Gasteiger partial charge is 0.417 e. The van der Waals surface area contributed by atoms with Gasteiger partial charge >= 0.3 is 17.3 Å². The number of benzene rings is 2. The van der Waals surface area contributed by atoms with Crippen LogP contribution in [0.2, 0.25) is 0 Å². The molecule has 0 atom stereocenters. The minimum absolute atomic E-state index is 0.00184. The molecule has 240 valence electrons. The standard InChI is InChI=1S/C32H27F2N7O6/c1-3-45-13-12-39-19-29(30(42)41(32(39)44)24-7-4-22(33)5-8-24)47-31(43)37-23-6-9-27(25(34)15-23)46-28-14-20(21-16-36-38(2)17-21)18-40-26(28)10-11-35-40/h4-11,14-19H,3,12-13H2,1-2H3,(H,37,43). The predicted molar refractivity (Wildman–Crippen MR) is 166 cm³/mol. The van der Waals surface area contributed by atoms with E-state index in [-0.39, 0.29) is 30.3 Å². The Morgan fingerprint density at radius 2 is 1.72 bits per heavy atom. The van der Waals surface area contributed by atoms with Gasteiger partial charge in [-0.1, -0.05) is 0 Å². The lowest BCUT2D eigenvalue weighted by Crippen LogP contribution is -2.40. The molecule has 1 amide bonds. The third kappa shape index (κ3) is 6.64. The fourth-order valence-electron chi connectivity index (χ4n) is 4.76. The molecule has 0 spiro atoms. The van der Waals surface area contributed by atoms with E-state index in [4.69, 9.17) is 14.2 Å². The van der Waals surface area contributed by atoms with Gasteiger partial charge in [0.25, 0.3) is 0 Å². The SMILES string of the molecule is CCOCCn1cc(OC(=O)Nc2ccc(Oc3cc(-c4cnn(C)c4)cn4nccc34)c(F)c2)c(=O)n(-c2ccc(F)cc2)c1=O. The number of halogens is 2. The molecule has 1 N–H and O–H groups in total. The summed E-state index contributed by atoms with van der Waals surface area (Å²) in [5.74, 6) is -1.65. The molecule has 0 fully saturated rings. The summed E-state index contributed by atoms with van der Waals surface area (Å²) < 4.78 is 50.5. The second-order valence-electron chi connectivity index (χ2n) is 10.2. The number of hydrogen-bond donors (Lipinski definition) is 1. The van der Waals surface area contributed by atoms with Crippen LogP contribution < -0.4 is 26.0 Å². The Kier molecular flexibility index (Phi) is 8.62. The average molecular weight is 644 g/mol. The minimum Gasteiger partial charge on any atom is -0.452 e. The van der Waals surface area contributed by atoms with Gasteiger partial charge in [0.05, 0.1) is 37.4 Å². The lowest BCUT2D eigenvalue weighted by Gasteiger charge is -2.14. The second kappa shape index (κ2) is 13.1. The Bertz CT molecular complexity index is 2200. The molecule has 4 aromatic heterocycles. The van der Waals surface area contributed by atoms with Crippen LogP contribution in [0.4, 0.5) is 19.3 Å². The summed E-state index contributed by atoms with van der Waals surface area (Å²) in [6.45, 7) is 2.35. The number of pyridine rings is 1. The van der Waals surface area contributed by atoms with Gasteiger partial charge in [0.2, 0.25) is 5.75 Å². The lowest BCUT2D eigenvalue weighted by atomic mass is 10.1. The van der Waals surface area contributed by atoms with Crippen LogP contribution in [0, 0.1) is 11.6 Å². The number of carbonyl (C=O) groups excluding carboxylic acids is 1. The Hall–Kier alpha value is -6.09. The highest BCUT2D eigenvalue weighted by Gasteiger charge is 2.19. The van der Waals surface area contributed by atoms with Crippen molar-refractivity contribution >= 4 is 17.3 Å². The highest BCUT2D eigenvalue weighted by molar-refractivity contribution is 5.86. The quantitative estimate of drug-likeness (QED) is 0.211. The van der Waals surface area contributed by atoms with Crippen molar-refractivity contribution in [1.82, 2.24) is 28.5 Å². The molecule has 2 aromatic carbocycles. The molecule has 13 nitrogen and oxygen atoms in total. The number of fused-ring (bicyclic) bond motifs is 1. The van der Waals surface area contributed by atoms with Gasteiger partial charge in [-0.05, 0) is 55.5 Å². The number of ether oxygens (including phenoxy) is 3. The summed E-state index contributed by atoms with van der Waals surface area (Å²) in [5.41, 5.74) is 0.508. The third-order valence-corrected chi connectivity index (χ3v) is 7.00. The number of amides is 1. The molecular formula is C32H27F2N7O6. The summed E-state index contributed by atoms with van der Waals surface area (Å²) in [5, 5.41) is 10.8. The Morgan fingerprint density at radius 1 is 0.915 bits per heavy atom. The molecule has 0 saturated heterocycles. The fraction of sp³-hybridized carbons (Fsp3) is 0.156. The largest absolute Gasteiger partial charge is 0.452 e. The Morgan fingerprint density at radius 3 is 2.45 bits per heavy atom. The third-order valence-electron chi connectivity index (χ3n) is 7.00. The van der Waals surface area contributed by atoms with E-state index < -0.39 is 34.7 Å². The monoisotopic (exact) mass is 643 g/mol. The zero-order valence-corrected chi connectivity index (χ0v) is 25.1.